The van der Waals surface area contributed by atoms with Crippen molar-refractivity contribution in [1.82, 2.24) is 15.5 Å². The highest BCUT2D eigenvalue weighted by Crippen LogP contribution is 2.30. The third-order valence-corrected chi connectivity index (χ3v) is 6.01. The van der Waals surface area contributed by atoms with Crippen molar-refractivity contribution in [1.29, 1.82) is 0 Å². The molecule has 2 amide bonds. The van der Waals surface area contributed by atoms with Gasteiger partial charge < -0.3 is 19.9 Å². The van der Waals surface area contributed by atoms with E-state index in [-0.39, 0.29) is 23.8 Å². The Kier molecular flexibility index (Phi) is 7.38. The Labute approximate surface area is 216 Å². The van der Waals surface area contributed by atoms with Crippen molar-refractivity contribution in [2.24, 2.45) is 0 Å². The molecule has 37 heavy (non-hydrogen) atoms. The first-order chi connectivity index (χ1) is 17.7. The summed E-state index contributed by atoms with van der Waals surface area (Å²) < 4.78 is 10.9. The second-order valence-corrected chi connectivity index (χ2v) is 9.75. The minimum Gasteiger partial charge on any atom is -0.496 e. The fraction of sp³-hybridized carbons (Fsp3) is 0.241. The largest absolute Gasteiger partial charge is 0.496 e. The maximum atomic E-state index is 13.2. The molecule has 2 aromatic heterocycles. The zero-order valence-electron chi connectivity index (χ0n) is 21.6. The van der Waals surface area contributed by atoms with Gasteiger partial charge in [0.2, 0.25) is 0 Å². The first-order valence-electron chi connectivity index (χ1n) is 11.9. The first-order valence-corrected chi connectivity index (χ1v) is 11.9. The predicted octanol–water partition coefficient (Wildman–Crippen LogP) is 5.53. The van der Waals surface area contributed by atoms with Gasteiger partial charge in [-0.2, -0.15) is 0 Å². The van der Waals surface area contributed by atoms with Crippen LogP contribution in [-0.2, 0) is 12.0 Å². The number of carbonyl (C=O) groups is 2. The van der Waals surface area contributed by atoms with Gasteiger partial charge in [0, 0.05) is 35.3 Å². The fourth-order valence-electron chi connectivity index (χ4n) is 3.82. The molecular weight excluding hydrogens is 468 g/mol. The van der Waals surface area contributed by atoms with Crippen LogP contribution < -0.4 is 15.4 Å². The predicted molar refractivity (Wildman–Crippen MR) is 142 cm³/mol. The van der Waals surface area contributed by atoms with Crippen LogP contribution in [0.25, 0.3) is 11.3 Å². The Bertz CT molecular complexity index is 1420. The lowest BCUT2D eigenvalue weighted by Crippen LogP contribution is -2.22. The van der Waals surface area contributed by atoms with E-state index in [9.17, 15) is 9.59 Å². The van der Waals surface area contributed by atoms with E-state index in [0.29, 0.717) is 34.0 Å². The summed E-state index contributed by atoms with van der Waals surface area (Å²) in [6, 6.07) is 16.3. The molecule has 4 rings (SSSR count). The molecule has 2 aromatic carbocycles. The van der Waals surface area contributed by atoms with Crippen molar-refractivity contribution in [2.45, 2.75) is 39.7 Å². The molecule has 0 spiro atoms. The number of hydrogen-bond acceptors (Lipinski definition) is 6. The fourth-order valence-corrected chi connectivity index (χ4v) is 3.82. The van der Waals surface area contributed by atoms with Crippen LogP contribution >= 0.6 is 0 Å². The summed E-state index contributed by atoms with van der Waals surface area (Å²) in [5.41, 5.74) is 4.90. The van der Waals surface area contributed by atoms with E-state index in [2.05, 4.69) is 41.5 Å². The number of anilines is 1. The van der Waals surface area contributed by atoms with E-state index in [1.807, 2.05) is 43.3 Å². The zero-order chi connectivity index (χ0) is 26.6. The number of rotatable bonds is 7. The van der Waals surface area contributed by atoms with Crippen LogP contribution in [0.15, 0.2) is 71.5 Å². The molecule has 0 saturated carbocycles. The van der Waals surface area contributed by atoms with Gasteiger partial charge in [-0.3, -0.25) is 14.6 Å². The summed E-state index contributed by atoms with van der Waals surface area (Å²) in [7, 11) is 1.55. The maximum Gasteiger partial charge on any atom is 0.259 e. The molecule has 2 heterocycles. The normalized spacial score (nSPS) is 11.2. The molecular formula is C29H30N4O4. The minimum absolute atomic E-state index is 0.110. The van der Waals surface area contributed by atoms with Gasteiger partial charge >= 0.3 is 0 Å². The van der Waals surface area contributed by atoms with Crippen LogP contribution in [0, 0.1) is 6.92 Å². The first kappa shape index (κ1) is 25.6. The topological polar surface area (TPSA) is 106 Å². The number of nitrogens with zero attached hydrogens (tertiary/aromatic N) is 2. The van der Waals surface area contributed by atoms with Crippen molar-refractivity contribution in [3.63, 3.8) is 0 Å². The molecule has 0 unspecified atom stereocenters. The Morgan fingerprint density at radius 3 is 2.43 bits per heavy atom. The molecule has 0 fully saturated rings. The van der Waals surface area contributed by atoms with Gasteiger partial charge in [0.05, 0.1) is 19.2 Å². The third kappa shape index (κ3) is 6.03. The zero-order valence-corrected chi connectivity index (χ0v) is 21.6. The van der Waals surface area contributed by atoms with Crippen LogP contribution in [0.4, 0.5) is 5.69 Å². The number of hydrogen-bond donors (Lipinski definition) is 2. The number of ether oxygens (including phenoxy) is 1. The SMILES string of the molecule is COc1ccc(C(C)(C)C)cc1C(=O)Nc1ccc(C)c(-c2cc(CNC(=O)c3ccncc3)on2)c1. The van der Waals surface area contributed by atoms with E-state index in [1.54, 1.807) is 37.7 Å². The highest BCUT2D eigenvalue weighted by Gasteiger charge is 2.20. The van der Waals surface area contributed by atoms with Gasteiger partial charge in [-0.05, 0) is 59.9 Å². The van der Waals surface area contributed by atoms with Crippen LogP contribution in [0.3, 0.4) is 0 Å². The van der Waals surface area contributed by atoms with E-state index in [1.165, 1.54) is 0 Å². The molecule has 0 radical (unpaired) electrons. The number of carbonyl (C=O) groups excluding carboxylic acids is 2. The molecule has 0 saturated heterocycles. The number of benzene rings is 2. The van der Waals surface area contributed by atoms with Crippen molar-refractivity contribution in [3.8, 4) is 17.0 Å². The Morgan fingerprint density at radius 1 is 0.973 bits per heavy atom. The Hall–Kier alpha value is -4.46. The summed E-state index contributed by atoms with van der Waals surface area (Å²) in [5.74, 6) is 0.521. The quantitative estimate of drug-likeness (QED) is 0.347. The lowest BCUT2D eigenvalue weighted by molar-refractivity contribution is 0.0946. The lowest BCUT2D eigenvalue weighted by atomic mass is 9.86. The highest BCUT2D eigenvalue weighted by atomic mass is 16.5. The molecule has 0 atom stereocenters. The standard InChI is InChI=1S/C29H30N4O4/c1-18-6-8-21(32-28(35)24-14-20(29(2,3)4)7-9-26(24)36-5)15-23(18)25-16-22(37-33-25)17-31-27(34)19-10-12-30-13-11-19/h6-16H,17H2,1-5H3,(H,31,34)(H,32,35). The smallest absolute Gasteiger partial charge is 0.259 e. The highest BCUT2D eigenvalue weighted by molar-refractivity contribution is 6.06. The molecule has 0 bridgehead atoms. The van der Waals surface area contributed by atoms with Gasteiger partial charge in [0.15, 0.2) is 5.76 Å². The Morgan fingerprint density at radius 2 is 1.73 bits per heavy atom. The maximum absolute atomic E-state index is 13.2. The number of methoxy groups -OCH3 is 1. The average Bonchev–Trinajstić information content (AvgIpc) is 3.36. The van der Waals surface area contributed by atoms with E-state index >= 15 is 0 Å². The summed E-state index contributed by atoms with van der Waals surface area (Å²) in [4.78, 5) is 29.4. The van der Waals surface area contributed by atoms with Gasteiger partial charge in [0.25, 0.3) is 11.8 Å². The second-order valence-electron chi connectivity index (χ2n) is 9.75. The summed E-state index contributed by atoms with van der Waals surface area (Å²) in [6.45, 7) is 8.43. The van der Waals surface area contributed by atoms with Gasteiger partial charge in [-0.15, -0.1) is 0 Å². The molecule has 0 aliphatic carbocycles. The van der Waals surface area contributed by atoms with Crippen LogP contribution in [-0.4, -0.2) is 29.1 Å². The number of nitrogens with one attached hydrogen (secondary N) is 2. The average molecular weight is 499 g/mol. The van der Waals surface area contributed by atoms with Gasteiger partial charge in [0.1, 0.15) is 11.4 Å². The number of aromatic nitrogens is 2. The number of amides is 2. The molecule has 8 heteroatoms. The van der Waals surface area contributed by atoms with Gasteiger partial charge in [-0.1, -0.05) is 38.1 Å². The molecule has 4 aromatic rings. The summed E-state index contributed by atoms with van der Waals surface area (Å²) in [6.07, 6.45) is 3.13. The van der Waals surface area contributed by atoms with E-state index in [0.717, 1.165) is 16.7 Å². The minimum atomic E-state index is -0.266. The van der Waals surface area contributed by atoms with Crippen LogP contribution in [0.5, 0.6) is 5.75 Å². The number of aryl methyl sites for hydroxylation is 1. The third-order valence-electron chi connectivity index (χ3n) is 6.01. The van der Waals surface area contributed by atoms with Crippen LogP contribution in [0.1, 0.15) is 58.4 Å². The summed E-state index contributed by atoms with van der Waals surface area (Å²) >= 11 is 0. The van der Waals surface area contributed by atoms with Gasteiger partial charge in [-0.25, -0.2) is 0 Å². The van der Waals surface area contributed by atoms with Crippen molar-refractivity contribution in [2.75, 3.05) is 12.4 Å². The molecule has 2 N–H and O–H groups in total. The van der Waals surface area contributed by atoms with Crippen LogP contribution in [0.2, 0.25) is 0 Å². The molecule has 0 aliphatic heterocycles. The van der Waals surface area contributed by atoms with E-state index < -0.39 is 0 Å². The molecule has 8 nitrogen and oxygen atoms in total. The molecule has 0 aliphatic rings. The molecule has 190 valence electrons. The van der Waals surface area contributed by atoms with Crippen molar-refractivity contribution in [3.05, 3.63) is 95.0 Å². The Balaban J connectivity index is 1.51. The van der Waals surface area contributed by atoms with Crippen molar-refractivity contribution < 1.29 is 18.8 Å². The lowest BCUT2D eigenvalue weighted by Gasteiger charge is -2.21. The summed E-state index contributed by atoms with van der Waals surface area (Å²) in [5, 5.41) is 9.95. The monoisotopic (exact) mass is 498 g/mol. The van der Waals surface area contributed by atoms with Crippen molar-refractivity contribution >= 4 is 17.5 Å². The number of pyridine rings is 1. The van der Waals surface area contributed by atoms with E-state index in [4.69, 9.17) is 9.26 Å². The second kappa shape index (κ2) is 10.7.